The maximum atomic E-state index is 13.7. The molecule has 13 heteroatoms. The average molecular weight is 691 g/mol. The summed E-state index contributed by atoms with van der Waals surface area (Å²) >= 11 is 0. The lowest BCUT2D eigenvalue weighted by molar-refractivity contribution is -0.138. The van der Waals surface area contributed by atoms with E-state index >= 15 is 0 Å². The van der Waals surface area contributed by atoms with E-state index in [0.717, 1.165) is 29.8 Å². The van der Waals surface area contributed by atoms with Crippen LogP contribution in [0.3, 0.4) is 0 Å². The Labute approximate surface area is 282 Å². The Hall–Kier alpha value is -6.11. The molecule has 0 saturated heterocycles. The summed E-state index contributed by atoms with van der Waals surface area (Å²) in [6.45, 7) is 5.72. The zero-order chi connectivity index (χ0) is 36.1. The largest absolute Gasteiger partial charge is 0.489 e. The number of nitrogens with one attached hydrogen (secondary N) is 2. The predicted molar refractivity (Wildman–Crippen MR) is 178 cm³/mol. The molecule has 7 nitrogen and oxygen atoms in total. The van der Waals surface area contributed by atoms with Crippen molar-refractivity contribution in [3.05, 3.63) is 144 Å². The summed E-state index contributed by atoms with van der Waals surface area (Å²) in [5.74, 6) is -1.68. The lowest BCUT2D eigenvalue weighted by Crippen LogP contribution is -2.25. The Kier molecular flexibility index (Phi) is 10.3. The zero-order valence-electron chi connectivity index (χ0n) is 26.3. The van der Waals surface area contributed by atoms with Crippen LogP contribution in [0.15, 0.2) is 121 Å². The molecule has 2 N–H and O–H groups in total. The van der Waals surface area contributed by atoms with Crippen molar-refractivity contribution in [2.24, 2.45) is 0 Å². The van der Waals surface area contributed by atoms with Crippen LogP contribution in [0.5, 0.6) is 5.75 Å². The van der Waals surface area contributed by atoms with Crippen molar-refractivity contribution in [3.8, 4) is 22.7 Å². The molecule has 0 radical (unpaired) electrons. The quantitative estimate of drug-likeness (QED) is 0.0504. The number of nitrogens with zero attached hydrogens (tertiary/aromatic N) is 2. The topological polar surface area (TPSA) is 85.2 Å². The second-order valence-electron chi connectivity index (χ2n) is 10.9. The summed E-state index contributed by atoms with van der Waals surface area (Å²) in [6.07, 6.45) is -5.13. The number of rotatable bonds is 10. The van der Waals surface area contributed by atoms with E-state index in [-0.39, 0.29) is 23.5 Å². The van der Waals surface area contributed by atoms with E-state index < -0.39 is 40.9 Å². The van der Waals surface area contributed by atoms with E-state index in [1.807, 2.05) is 6.92 Å². The molecule has 0 fully saturated rings. The van der Waals surface area contributed by atoms with Crippen molar-refractivity contribution >= 4 is 29.3 Å². The van der Waals surface area contributed by atoms with E-state index in [9.17, 15) is 35.9 Å². The molecule has 5 rings (SSSR count). The first kappa shape index (κ1) is 35.2. The van der Waals surface area contributed by atoms with E-state index in [0.29, 0.717) is 34.8 Å². The fourth-order valence-electron chi connectivity index (χ4n) is 4.87. The first-order chi connectivity index (χ1) is 23.7. The summed E-state index contributed by atoms with van der Waals surface area (Å²) < 4.78 is 87.7. The fraction of sp³-hybridized carbons (Fsp3) is 0.108. The van der Waals surface area contributed by atoms with Gasteiger partial charge in [-0.2, -0.15) is 31.4 Å². The van der Waals surface area contributed by atoms with Gasteiger partial charge in [0.1, 0.15) is 17.9 Å². The normalized spacial score (nSPS) is 11.4. The number of alkyl halides is 6. The maximum absolute atomic E-state index is 13.7. The van der Waals surface area contributed by atoms with Gasteiger partial charge in [-0.3, -0.25) is 9.59 Å². The van der Waals surface area contributed by atoms with E-state index in [1.165, 1.54) is 29.1 Å². The van der Waals surface area contributed by atoms with Gasteiger partial charge >= 0.3 is 12.4 Å². The van der Waals surface area contributed by atoms with Crippen LogP contribution in [0.25, 0.3) is 23.0 Å². The first-order valence-electron chi connectivity index (χ1n) is 14.9. The molecule has 1 heterocycles. The lowest BCUT2D eigenvalue weighted by Gasteiger charge is -2.13. The molecule has 50 heavy (non-hydrogen) atoms. The Morgan fingerprint density at radius 3 is 1.90 bits per heavy atom. The Morgan fingerprint density at radius 1 is 0.800 bits per heavy atom. The molecule has 0 aliphatic carbocycles. The number of para-hydroxylation sites is 1. The number of carbonyl (C=O) groups is 2. The van der Waals surface area contributed by atoms with Gasteiger partial charge in [-0.25, -0.2) is 4.68 Å². The molecular formula is C37H28F6N4O3. The highest BCUT2D eigenvalue weighted by Gasteiger charge is 2.32. The predicted octanol–water partition coefficient (Wildman–Crippen LogP) is 9.11. The highest BCUT2D eigenvalue weighted by Crippen LogP contribution is 2.33. The van der Waals surface area contributed by atoms with E-state index in [4.69, 9.17) is 9.84 Å². The van der Waals surface area contributed by atoms with Gasteiger partial charge in [-0.15, -0.1) is 0 Å². The van der Waals surface area contributed by atoms with Gasteiger partial charge in [0.05, 0.1) is 22.5 Å². The molecule has 0 atom stereocenters. The zero-order valence-corrected chi connectivity index (χ0v) is 26.3. The number of aromatic nitrogens is 2. The van der Waals surface area contributed by atoms with Gasteiger partial charge in [0.15, 0.2) is 0 Å². The van der Waals surface area contributed by atoms with Crippen LogP contribution in [0, 0.1) is 6.92 Å². The molecule has 0 aliphatic rings. The average Bonchev–Trinajstić information content (AvgIpc) is 3.50. The summed E-state index contributed by atoms with van der Waals surface area (Å²) in [6, 6.07) is 21.7. The van der Waals surface area contributed by atoms with Crippen LogP contribution in [0.4, 0.5) is 37.7 Å². The molecule has 0 aliphatic heterocycles. The Morgan fingerprint density at radius 2 is 1.38 bits per heavy atom. The van der Waals surface area contributed by atoms with E-state index in [1.54, 1.807) is 54.6 Å². The smallest absolute Gasteiger partial charge is 0.416 e. The van der Waals surface area contributed by atoms with Crippen LogP contribution in [-0.2, 0) is 21.9 Å². The third kappa shape index (κ3) is 8.48. The van der Waals surface area contributed by atoms with Gasteiger partial charge in [0.2, 0.25) is 0 Å². The van der Waals surface area contributed by atoms with Crippen molar-refractivity contribution in [1.29, 1.82) is 0 Å². The molecule has 0 saturated carbocycles. The minimum Gasteiger partial charge on any atom is -0.489 e. The van der Waals surface area contributed by atoms with Crippen LogP contribution in [0.1, 0.15) is 22.3 Å². The number of ether oxygens (including phenoxy) is 1. The minimum atomic E-state index is -4.72. The van der Waals surface area contributed by atoms with Crippen LogP contribution >= 0.6 is 0 Å². The van der Waals surface area contributed by atoms with E-state index in [2.05, 4.69) is 17.2 Å². The maximum Gasteiger partial charge on any atom is 0.416 e. The Bertz CT molecular complexity index is 1990. The van der Waals surface area contributed by atoms with Gasteiger partial charge in [0.25, 0.3) is 11.8 Å². The summed E-state index contributed by atoms with van der Waals surface area (Å²) in [5, 5.41) is 9.32. The summed E-state index contributed by atoms with van der Waals surface area (Å²) in [4.78, 5) is 27.4. The number of carbonyl (C=O) groups excluding carboxylic acids is 2. The molecule has 0 unspecified atom stereocenters. The number of halogens is 6. The lowest BCUT2D eigenvalue weighted by atomic mass is 10.0. The minimum absolute atomic E-state index is 0.237. The first-order valence-corrected chi connectivity index (χ1v) is 14.9. The molecule has 5 aromatic rings. The molecule has 0 spiro atoms. The second kappa shape index (κ2) is 14.6. The molecule has 0 bridgehead atoms. The SMILES string of the molecule is C=CCOc1ccc(-c2nn(-c3ccccc3)cc2C=C(C(=O)Nc2cccc(C(F)(F)F)c2)C(=O)Nc2cccc(C(F)(F)F)c2)cc1C. The van der Waals surface area contributed by atoms with Crippen molar-refractivity contribution in [3.63, 3.8) is 0 Å². The summed E-state index contributed by atoms with van der Waals surface area (Å²) in [5.41, 5.74) is -0.792. The monoisotopic (exact) mass is 690 g/mol. The van der Waals surface area contributed by atoms with Crippen molar-refractivity contribution in [2.45, 2.75) is 19.3 Å². The molecule has 4 aromatic carbocycles. The van der Waals surface area contributed by atoms with Crippen LogP contribution in [-0.4, -0.2) is 28.2 Å². The third-order valence-corrected chi connectivity index (χ3v) is 7.25. The number of anilines is 2. The number of aryl methyl sites for hydroxylation is 1. The Balaban J connectivity index is 1.63. The van der Waals surface area contributed by atoms with Crippen molar-refractivity contribution in [1.82, 2.24) is 9.78 Å². The number of hydrogen-bond acceptors (Lipinski definition) is 4. The van der Waals surface area contributed by atoms with Gasteiger partial charge in [-0.05, 0) is 85.3 Å². The number of amides is 2. The van der Waals surface area contributed by atoms with Gasteiger partial charge in [-0.1, -0.05) is 43.0 Å². The second-order valence-corrected chi connectivity index (χ2v) is 10.9. The van der Waals surface area contributed by atoms with Crippen molar-refractivity contribution in [2.75, 3.05) is 17.2 Å². The highest BCUT2D eigenvalue weighted by atomic mass is 19.4. The number of benzene rings is 4. The third-order valence-electron chi connectivity index (χ3n) is 7.25. The summed E-state index contributed by atoms with van der Waals surface area (Å²) in [7, 11) is 0. The standard InChI is InChI=1S/C37H28F6N4O3/c1-3-17-50-32-16-15-24(18-23(32)2)33-25(22-47(46-33)30-13-5-4-6-14-30)19-31(34(48)44-28-11-7-9-26(20-28)36(38,39)40)35(49)45-29-12-8-10-27(21-29)37(41,42)43/h3-16,18-22H,1,17H2,2H3,(H,44,48)(H,45,49). The number of hydrogen-bond donors (Lipinski definition) is 2. The molecular weight excluding hydrogens is 662 g/mol. The molecule has 1 aromatic heterocycles. The van der Waals surface area contributed by atoms with Crippen LogP contribution < -0.4 is 15.4 Å². The van der Waals surface area contributed by atoms with Gasteiger partial charge in [0, 0.05) is 28.7 Å². The van der Waals surface area contributed by atoms with Crippen LogP contribution in [0.2, 0.25) is 0 Å². The van der Waals surface area contributed by atoms with Crippen molar-refractivity contribution < 1.29 is 40.7 Å². The molecule has 256 valence electrons. The highest BCUT2D eigenvalue weighted by molar-refractivity contribution is 6.29. The fourth-order valence-corrected chi connectivity index (χ4v) is 4.87. The molecule has 2 amide bonds. The van der Waals surface area contributed by atoms with Gasteiger partial charge < -0.3 is 15.4 Å².